The maximum atomic E-state index is 11.4. The highest BCUT2D eigenvalue weighted by atomic mass is 16.5. The Hall–Kier alpha value is -1.10. The fourth-order valence-corrected chi connectivity index (χ4v) is 1.90. The molecule has 1 rings (SSSR count). The highest BCUT2D eigenvalue weighted by Gasteiger charge is 2.18. The Kier molecular flexibility index (Phi) is 5.97. The van der Waals surface area contributed by atoms with Gasteiger partial charge in [0.1, 0.15) is 0 Å². The minimum Gasteiger partial charge on any atom is -0.411 e. The van der Waals surface area contributed by atoms with Crippen molar-refractivity contribution in [3.8, 4) is 0 Å². The molecule has 1 aliphatic carbocycles. The van der Waals surface area contributed by atoms with Gasteiger partial charge in [-0.3, -0.25) is 4.79 Å². The summed E-state index contributed by atoms with van der Waals surface area (Å²) >= 11 is 0. The average molecular weight is 242 g/mol. The number of carbonyl (C=O) groups is 1. The molecule has 0 spiro atoms. The van der Waals surface area contributed by atoms with Crippen molar-refractivity contribution in [1.82, 2.24) is 5.32 Å². The van der Waals surface area contributed by atoms with Gasteiger partial charge in [-0.1, -0.05) is 5.16 Å². The maximum absolute atomic E-state index is 11.4. The van der Waals surface area contributed by atoms with Crippen molar-refractivity contribution in [3.05, 3.63) is 0 Å². The van der Waals surface area contributed by atoms with Gasteiger partial charge in [0, 0.05) is 12.5 Å². The molecular formula is C12H22N2O3. The number of hydrogen-bond donors (Lipinski definition) is 2. The molecule has 0 aromatic heterocycles. The van der Waals surface area contributed by atoms with Crippen LogP contribution in [0.25, 0.3) is 0 Å². The molecule has 0 aromatic rings. The zero-order chi connectivity index (χ0) is 12.7. The van der Waals surface area contributed by atoms with E-state index >= 15 is 0 Å². The number of ether oxygens (including phenoxy) is 1. The first-order valence-corrected chi connectivity index (χ1v) is 6.22. The fraction of sp³-hybridized carbons (Fsp3) is 0.833. The monoisotopic (exact) mass is 242 g/mol. The molecule has 5 heteroatoms. The average Bonchev–Trinajstić information content (AvgIpc) is 2.29. The molecule has 0 bridgehead atoms. The van der Waals surface area contributed by atoms with E-state index in [0.717, 1.165) is 31.4 Å². The number of nitrogens with one attached hydrogen (secondary N) is 1. The maximum Gasteiger partial charge on any atom is 0.222 e. The predicted octanol–water partition coefficient (Wildman–Crippen LogP) is 1.69. The van der Waals surface area contributed by atoms with Crippen LogP contribution < -0.4 is 5.32 Å². The van der Waals surface area contributed by atoms with E-state index in [1.807, 2.05) is 13.8 Å². The van der Waals surface area contributed by atoms with Gasteiger partial charge in [0.25, 0.3) is 0 Å². The zero-order valence-corrected chi connectivity index (χ0v) is 10.6. The molecular weight excluding hydrogens is 220 g/mol. The third-order valence-electron chi connectivity index (χ3n) is 2.78. The summed E-state index contributed by atoms with van der Waals surface area (Å²) in [5.74, 6) is 0.0356. The summed E-state index contributed by atoms with van der Waals surface area (Å²) in [5, 5.41) is 14.6. The van der Waals surface area contributed by atoms with E-state index < -0.39 is 0 Å². The summed E-state index contributed by atoms with van der Waals surface area (Å²) in [7, 11) is 0. The second-order valence-corrected chi connectivity index (χ2v) is 4.71. The molecule has 0 saturated heterocycles. The van der Waals surface area contributed by atoms with Gasteiger partial charge in [-0.05, 0) is 39.5 Å². The number of rotatable bonds is 5. The van der Waals surface area contributed by atoms with E-state index in [1.165, 1.54) is 0 Å². The van der Waals surface area contributed by atoms with Crippen molar-refractivity contribution in [2.75, 3.05) is 6.61 Å². The highest BCUT2D eigenvalue weighted by Crippen LogP contribution is 2.18. The topological polar surface area (TPSA) is 70.9 Å². The van der Waals surface area contributed by atoms with Crippen LogP contribution in [0.4, 0.5) is 0 Å². The van der Waals surface area contributed by atoms with Gasteiger partial charge in [0.2, 0.25) is 5.91 Å². The van der Waals surface area contributed by atoms with E-state index in [1.54, 1.807) is 0 Å². The second kappa shape index (κ2) is 7.27. The molecule has 0 heterocycles. The van der Waals surface area contributed by atoms with Gasteiger partial charge in [0.15, 0.2) is 0 Å². The van der Waals surface area contributed by atoms with Gasteiger partial charge in [-0.15, -0.1) is 0 Å². The van der Waals surface area contributed by atoms with Crippen LogP contribution in [0.2, 0.25) is 0 Å². The normalized spacial score (nSPS) is 20.4. The van der Waals surface area contributed by atoms with Crippen LogP contribution in [0.15, 0.2) is 5.16 Å². The van der Waals surface area contributed by atoms with Crippen LogP contribution in [-0.4, -0.2) is 35.6 Å². The molecule has 0 radical (unpaired) electrons. The van der Waals surface area contributed by atoms with E-state index in [4.69, 9.17) is 9.94 Å². The second-order valence-electron chi connectivity index (χ2n) is 4.71. The third kappa shape index (κ3) is 5.68. The Bertz CT molecular complexity index is 267. The lowest BCUT2D eigenvalue weighted by atomic mass is 9.96. The highest BCUT2D eigenvalue weighted by molar-refractivity contribution is 5.84. The van der Waals surface area contributed by atoms with Crippen molar-refractivity contribution in [2.45, 2.75) is 58.1 Å². The molecule has 2 N–H and O–H groups in total. The third-order valence-corrected chi connectivity index (χ3v) is 2.78. The summed E-state index contributed by atoms with van der Waals surface area (Å²) in [6, 6.07) is 0.181. The van der Waals surface area contributed by atoms with Crippen LogP contribution in [-0.2, 0) is 9.53 Å². The van der Waals surface area contributed by atoms with Crippen molar-refractivity contribution in [3.63, 3.8) is 0 Å². The van der Waals surface area contributed by atoms with Crippen LogP contribution >= 0.6 is 0 Å². The summed E-state index contributed by atoms with van der Waals surface area (Å²) in [5.41, 5.74) is 0.849. The van der Waals surface area contributed by atoms with Crippen LogP contribution in [0.3, 0.4) is 0 Å². The number of nitrogens with zero attached hydrogens (tertiary/aromatic N) is 1. The zero-order valence-electron chi connectivity index (χ0n) is 10.6. The minimum atomic E-state index is 0.0356. The summed E-state index contributed by atoms with van der Waals surface area (Å²) in [6.45, 7) is 4.35. The molecule has 5 nitrogen and oxygen atoms in total. The number of amides is 1. The molecule has 1 saturated carbocycles. The Morgan fingerprint density at radius 2 is 2.18 bits per heavy atom. The van der Waals surface area contributed by atoms with E-state index in [9.17, 15) is 4.79 Å². The molecule has 1 amide bonds. The Morgan fingerprint density at radius 3 is 2.71 bits per heavy atom. The Balaban J connectivity index is 2.10. The van der Waals surface area contributed by atoms with Gasteiger partial charge in [-0.25, -0.2) is 0 Å². The van der Waals surface area contributed by atoms with Crippen molar-refractivity contribution in [1.29, 1.82) is 0 Å². The van der Waals surface area contributed by atoms with Crippen molar-refractivity contribution >= 4 is 11.6 Å². The molecule has 0 unspecified atom stereocenters. The van der Waals surface area contributed by atoms with Crippen LogP contribution in [0, 0.1) is 0 Å². The number of carbonyl (C=O) groups excluding carboxylic acids is 1. The minimum absolute atomic E-state index is 0.0356. The molecule has 17 heavy (non-hydrogen) atoms. The number of hydrogen-bond acceptors (Lipinski definition) is 4. The molecule has 1 fully saturated rings. The SMILES string of the molecule is CC(C)NC(=O)CCOC1CCC(=NO)CC1. The van der Waals surface area contributed by atoms with Crippen molar-refractivity contribution in [2.24, 2.45) is 5.16 Å². The Morgan fingerprint density at radius 1 is 1.53 bits per heavy atom. The van der Waals surface area contributed by atoms with Gasteiger partial charge in [-0.2, -0.15) is 0 Å². The smallest absolute Gasteiger partial charge is 0.222 e. The Labute approximate surface area is 102 Å². The quantitative estimate of drug-likeness (QED) is 0.569. The first-order valence-electron chi connectivity index (χ1n) is 6.22. The van der Waals surface area contributed by atoms with Gasteiger partial charge < -0.3 is 15.3 Å². The van der Waals surface area contributed by atoms with E-state index in [-0.39, 0.29) is 18.1 Å². The lowest BCUT2D eigenvalue weighted by Gasteiger charge is -2.22. The summed E-state index contributed by atoms with van der Waals surface area (Å²) in [6.07, 6.45) is 3.96. The predicted molar refractivity (Wildman–Crippen MR) is 65.3 cm³/mol. The molecule has 1 aliphatic rings. The molecule has 0 atom stereocenters. The first kappa shape index (κ1) is 14.0. The number of oxime groups is 1. The summed E-state index contributed by atoms with van der Waals surface area (Å²) in [4.78, 5) is 11.4. The first-order chi connectivity index (χ1) is 8.11. The van der Waals surface area contributed by atoms with E-state index in [0.29, 0.717) is 13.0 Å². The van der Waals surface area contributed by atoms with Crippen LogP contribution in [0.1, 0.15) is 46.0 Å². The van der Waals surface area contributed by atoms with Crippen LogP contribution in [0.5, 0.6) is 0 Å². The van der Waals surface area contributed by atoms with E-state index in [2.05, 4.69) is 10.5 Å². The summed E-state index contributed by atoms with van der Waals surface area (Å²) < 4.78 is 5.63. The molecule has 0 aliphatic heterocycles. The lowest BCUT2D eigenvalue weighted by molar-refractivity contribution is -0.123. The van der Waals surface area contributed by atoms with Crippen molar-refractivity contribution < 1.29 is 14.7 Å². The lowest BCUT2D eigenvalue weighted by Crippen LogP contribution is -2.31. The molecule has 98 valence electrons. The van der Waals surface area contributed by atoms with Gasteiger partial charge in [0.05, 0.1) is 18.4 Å². The standard InChI is InChI=1S/C12H22N2O3/c1-9(2)13-12(15)7-8-17-11-5-3-10(14-16)4-6-11/h9,11,16H,3-8H2,1-2H3,(H,13,15). The van der Waals surface area contributed by atoms with Gasteiger partial charge >= 0.3 is 0 Å². The molecule has 0 aromatic carbocycles. The largest absolute Gasteiger partial charge is 0.411 e. The fourth-order valence-electron chi connectivity index (χ4n) is 1.90.